The summed E-state index contributed by atoms with van der Waals surface area (Å²) in [5, 5.41) is 10.4. The second-order valence-corrected chi connectivity index (χ2v) is 10.1. The topological polar surface area (TPSA) is 155 Å². The smallest absolute Gasteiger partial charge is 0.432 e. The Morgan fingerprint density at radius 1 is 1.44 bits per heavy atom. The summed E-state index contributed by atoms with van der Waals surface area (Å²) in [5.74, 6) is -1.03. The molecule has 2 aliphatic heterocycles. The zero-order chi connectivity index (χ0) is 23.7. The highest BCUT2D eigenvalue weighted by Gasteiger charge is 2.63. The molecule has 3 rings (SSSR count). The number of halogens is 1. The first kappa shape index (κ1) is 24.6. The van der Waals surface area contributed by atoms with Crippen LogP contribution in [-0.2, 0) is 27.8 Å². The predicted molar refractivity (Wildman–Crippen MR) is 106 cm³/mol. The summed E-state index contributed by atoms with van der Waals surface area (Å²) < 4.78 is 54.5. The van der Waals surface area contributed by atoms with Gasteiger partial charge in [0.15, 0.2) is 0 Å². The van der Waals surface area contributed by atoms with Gasteiger partial charge >= 0.3 is 19.4 Å². The minimum atomic E-state index is -3.88. The number of carbonyl (C=O) groups excluding carboxylic acids is 1. The number of hydrogen-bond acceptors (Lipinski definition) is 10. The minimum Gasteiger partial charge on any atom is -0.432 e. The van der Waals surface area contributed by atoms with Gasteiger partial charge in [0.05, 0.1) is 24.3 Å². The van der Waals surface area contributed by atoms with E-state index in [1.165, 1.54) is 6.92 Å². The molecule has 3 unspecified atom stereocenters. The Morgan fingerprint density at radius 3 is 2.75 bits per heavy atom. The van der Waals surface area contributed by atoms with Gasteiger partial charge in [-0.15, -0.1) is 0 Å². The van der Waals surface area contributed by atoms with Gasteiger partial charge in [-0.1, -0.05) is 0 Å². The maximum absolute atomic E-state index is 14.2. The van der Waals surface area contributed by atoms with Crippen LogP contribution in [0.3, 0.4) is 0 Å². The first-order valence-electron chi connectivity index (χ1n) is 9.99. The number of aromatic amines is 1. The van der Waals surface area contributed by atoms with Crippen molar-refractivity contribution in [1.29, 1.82) is 0 Å². The number of ether oxygens (including phenoxy) is 3. The molecule has 32 heavy (non-hydrogen) atoms. The minimum absolute atomic E-state index is 0.111. The normalized spacial score (nSPS) is 33.0. The molecule has 0 spiro atoms. The maximum Gasteiger partial charge on any atom is 0.510 e. The molecule has 2 aliphatic rings. The number of nitrogens with zero attached hydrogens (tertiary/aromatic N) is 1. The van der Waals surface area contributed by atoms with Crippen LogP contribution in [0, 0.1) is 5.92 Å². The van der Waals surface area contributed by atoms with Gasteiger partial charge in [0.1, 0.15) is 24.6 Å². The molecule has 0 bridgehead atoms. The Hall–Kier alpha value is -2.05. The average Bonchev–Trinajstić information content (AvgIpc) is 3.01. The number of H-pyrrole nitrogens is 1. The second-order valence-electron chi connectivity index (χ2n) is 7.96. The quantitative estimate of drug-likeness (QED) is 0.331. The number of carbonyl (C=O) groups is 1. The lowest BCUT2D eigenvalue weighted by Gasteiger charge is -2.40. The third-order valence-corrected chi connectivity index (χ3v) is 7.12. The van der Waals surface area contributed by atoms with E-state index in [0.717, 1.165) is 16.8 Å². The maximum atomic E-state index is 14.2. The molecule has 1 aromatic heterocycles. The van der Waals surface area contributed by atoms with Crippen LogP contribution in [0.2, 0.25) is 0 Å². The van der Waals surface area contributed by atoms with E-state index in [1.807, 2.05) is 0 Å². The molecule has 0 saturated carbocycles. The van der Waals surface area contributed by atoms with Crippen molar-refractivity contribution >= 4 is 13.8 Å². The number of alkyl halides is 1. The van der Waals surface area contributed by atoms with Gasteiger partial charge < -0.3 is 23.8 Å². The molecular formula is C18H26FN2O10P. The largest absolute Gasteiger partial charge is 0.510 e. The van der Waals surface area contributed by atoms with Crippen LogP contribution in [0.25, 0.3) is 0 Å². The number of rotatable bonds is 7. The first-order valence-corrected chi connectivity index (χ1v) is 11.7. The van der Waals surface area contributed by atoms with E-state index in [1.54, 1.807) is 13.8 Å². The van der Waals surface area contributed by atoms with Crippen molar-refractivity contribution in [3.63, 3.8) is 0 Å². The lowest BCUT2D eigenvalue weighted by molar-refractivity contribution is -0.122. The fourth-order valence-corrected chi connectivity index (χ4v) is 5.66. The third-order valence-electron chi connectivity index (χ3n) is 5.30. The molecule has 14 heteroatoms. The van der Waals surface area contributed by atoms with Gasteiger partial charge in [-0.3, -0.25) is 23.4 Å². The number of aromatic nitrogens is 2. The van der Waals surface area contributed by atoms with Crippen LogP contribution in [0.1, 0.15) is 33.4 Å². The number of nitrogens with one attached hydrogen (secondary N) is 1. The van der Waals surface area contributed by atoms with Gasteiger partial charge in [0.2, 0.25) is 6.79 Å². The number of hydrogen-bond donors (Lipinski definition) is 2. The highest BCUT2D eigenvalue weighted by atomic mass is 31.2. The van der Waals surface area contributed by atoms with Crippen molar-refractivity contribution in [2.24, 2.45) is 5.92 Å². The van der Waals surface area contributed by atoms with Crippen LogP contribution in [0.4, 0.5) is 9.18 Å². The molecule has 2 saturated heterocycles. The van der Waals surface area contributed by atoms with E-state index in [4.69, 9.17) is 23.3 Å². The van der Waals surface area contributed by atoms with Crippen LogP contribution in [0.15, 0.2) is 21.9 Å². The lowest BCUT2D eigenvalue weighted by Crippen LogP contribution is -2.50. The summed E-state index contributed by atoms with van der Waals surface area (Å²) in [5.41, 5.74) is -3.06. The fraction of sp³-hybridized carbons (Fsp3) is 0.722. The molecule has 0 aromatic carbocycles. The van der Waals surface area contributed by atoms with E-state index < -0.39 is 74.5 Å². The van der Waals surface area contributed by atoms with Crippen LogP contribution in [0.5, 0.6) is 0 Å². The summed E-state index contributed by atoms with van der Waals surface area (Å²) in [6.07, 6.45) is -4.29. The number of aliphatic hydroxyl groups excluding tert-OH is 1. The fourth-order valence-electron chi connectivity index (χ4n) is 3.82. The van der Waals surface area contributed by atoms with Gasteiger partial charge in [-0.05, 0) is 27.2 Å². The average molecular weight is 480 g/mol. The molecule has 12 nitrogen and oxygen atoms in total. The van der Waals surface area contributed by atoms with Crippen molar-refractivity contribution < 1.29 is 42.1 Å². The zero-order valence-corrected chi connectivity index (χ0v) is 18.7. The summed E-state index contributed by atoms with van der Waals surface area (Å²) in [7, 11) is -3.88. The van der Waals surface area contributed by atoms with E-state index in [-0.39, 0.29) is 12.6 Å². The van der Waals surface area contributed by atoms with E-state index in [0.29, 0.717) is 0 Å². The van der Waals surface area contributed by atoms with Gasteiger partial charge in [0.25, 0.3) is 5.56 Å². The number of fused-ring (bicyclic) bond motifs is 1. The number of aliphatic hydroxyl groups is 1. The monoisotopic (exact) mass is 480 g/mol. The Kier molecular flexibility index (Phi) is 7.25. The van der Waals surface area contributed by atoms with E-state index >= 15 is 0 Å². The molecule has 0 radical (unpaired) electrons. The second kappa shape index (κ2) is 9.44. The predicted octanol–water partition coefficient (Wildman–Crippen LogP) is 1.29. The Bertz CT molecular complexity index is 994. The SMILES string of the molecule is CC(C)OC(=O)OCOP1(=O)CC[C@@]2(CF)O[C@@H](n3ccc(=O)[nH]c3=O)C(C(C)O)[C@@H]2O1. The summed E-state index contributed by atoms with van der Waals surface area (Å²) in [6, 6.07) is 1.08. The van der Waals surface area contributed by atoms with Crippen LogP contribution >= 0.6 is 7.60 Å². The van der Waals surface area contributed by atoms with Gasteiger partial charge in [-0.25, -0.2) is 14.0 Å². The van der Waals surface area contributed by atoms with Gasteiger partial charge in [0, 0.05) is 12.3 Å². The van der Waals surface area contributed by atoms with Crippen LogP contribution in [-0.4, -0.2) is 64.4 Å². The molecule has 2 fully saturated rings. The molecule has 2 N–H and O–H groups in total. The summed E-state index contributed by atoms with van der Waals surface area (Å²) in [6.45, 7) is 2.85. The highest BCUT2D eigenvalue weighted by Crippen LogP contribution is 2.62. The lowest BCUT2D eigenvalue weighted by atomic mass is 9.85. The van der Waals surface area contributed by atoms with Crippen molar-refractivity contribution in [3.8, 4) is 0 Å². The van der Waals surface area contributed by atoms with Gasteiger partial charge in [-0.2, -0.15) is 0 Å². The van der Waals surface area contributed by atoms with E-state index in [2.05, 4.69) is 4.98 Å². The van der Waals surface area contributed by atoms with E-state index in [9.17, 15) is 28.4 Å². The molecular weight excluding hydrogens is 454 g/mol. The molecule has 180 valence electrons. The van der Waals surface area contributed by atoms with Crippen molar-refractivity contribution in [2.45, 2.75) is 57.3 Å². The van der Waals surface area contributed by atoms with Crippen molar-refractivity contribution in [1.82, 2.24) is 9.55 Å². The molecule has 1 aromatic rings. The molecule has 0 amide bonds. The Labute approximate surface area is 182 Å². The first-order chi connectivity index (χ1) is 15.0. The van der Waals surface area contributed by atoms with Crippen molar-refractivity contribution in [2.75, 3.05) is 19.6 Å². The zero-order valence-electron chi connectivity index (χ0n) is 17.8. The standard InChI is InChI=1S/C18H26FN2O10P/c1-10(2)29-17(25)27-9-28-32(26)7-5-18(8-19)14(31-32)13(11(3)22)15(30-18)21-6-4-12(23)20-16(21)24/h4,6,10-11,13-15,22H,5,7-9H2,1-3H3,(H,20,23,24)/t11?,13?,14-,15+,18-,32?/m0/s1. The van der Waals surface area contributed by atoms with Crippen LogP contribution < -0.4 is 11.2 Å². The highest BCUT2D eigenvalue weighted by molar-refractivity contribution is 7.53. The molecule has 6 atom stereocenters. The summed E-state index contributed by atoms with van der Waals surface area (Å²) >= 11 is 0. The Balaban J connectivity index is 1.82. The molecule has 0 aliphatic carbocycles. The Morgan fingerprint density at radius 2 is 2.16 bits per heavy atom. The summed E-state index contributed by atoms with van der Waals surface area (Å²) in [4.78, 5) is 37.2. The third kappa shape index (κ3) is 4.96. The molecule has 3 heterocycles. The van der Waals surface area contributed by atoms with Crippen molar-refractivity contribution in [3.05, 3.63) is 33.1 Å².